The standard InChI is InChI=1S/C29H27Cl2N9O2/c1-18(2)28-35-34-26-16-37(10-11-38(26)28)29(42)24(12-19-6-4-3-5-7-19)39-17-32-22(14-27(39)41)21-13-20(30)8-9-23(21)40-15-25(31)33-36-40/h3-9,13-15,17-18,24H,10-12,16H2,1-2H3. The van der Waals surface area contributed by atoms with Gasteiger partial charge in [-0.1, -0.05) is 72.6 Å². The highest BCUT2D eigenvalue weighted by molar-refractivity contribution is 6.31. The Balaban J connectivity index is 1.36. The normalized spacial score (nSPS) is 13.8. The van der Waals surface area contributed by atoms with E-state index in [0.29, 0.717) is 48.0 Å². The molecule has 5 aromatic rings. The molecule has 0 N–H and O–H groups in total. The Hall–Kier alpha value is -4.35. The van der Waals surface area contributed by atoms with Gasteiger partial charge >= 0.3 is 0 Å². The Bertz CT molecular complexity index is 1810. The van der Waals surface area contributed by atoms with Crippen molar-refractivity contribution in [1.82, 2.24) is 44.2 Å². The van der Waals surface area contributed by atoms with Gasteiger partial charge < -0.3 is 9.47 Å². The van der Waals surface area contributed by atoms with Crippen molar-refractivity contribution in [3.05, 3.63) is 105 Å². The molecule has 1 aliphatic heterocycles. The number of carbonyl (C=O) groups excluding carboxylic acids is 1. The van der Waals surface area contributed by atoms with E-state index in [1.165, 1.54) is 21.6 Å². The molecule has 0 saturated carbocycles. The third-order valence-corrected chi connectivity index (χ3v) is 7.69. The van der Waals surface area contributed by atoms with Crippen molar-refractivity contribution in [3.8, 4) is 16.9 Å². The van der Waals surface area contributed by atoms with Crippen LogP contribution in [0.25, 0.3) is 16.9 Å². The molecule has 42 heavy (non-hydrogen) atoms. The van der Waals surface area contributed by atoms with Gasteiger partial charge in [0.2, 0.25) is 5.91 Å². The molecule has 3 aromatic heterocycles. The fraction of sp³-hybridized carbons (Fsp3) is 0.276. The highest BCUT2D eigenvalue weighted by Gasteiger charge is 2.32. The summed E-state index contributed by atoms with van der Waals surface area (Å²) in [5, 5.41) is 17.2. The molecule has 13 heteroatoms. The summed E-state index contributed by atoms with van der Waals surface area (Å²) in [6, 6.07) is 15.4. The van der Waals surface area contributed by atoms with Gasteiger partial charge in [-0.25, -0.2) is 9.67 Å². The van der Waals surface area contributed by atoms with E-state index in [2.05, 4.69) is 43.9 Å². The molecule has 11 nitrogen and oxygen atoms in total. The number of aromatic nitrogens is 8. The van der Waals surface area contributed by atoms with Gasteiger partial charge in [0.25, 0.3) is 5.56 Å². The average Bonchev–Trinajstić information content (AvgIpc) is 3.62. The van der Waals surface area contributed by atoms with Crippen molar-refractivity contribution in [3.63, 3.8) is 0 Å². The Kier molecular flexibility index (Phi) is 7.61. The zero-order valence-corrected chi connectivity index (χ0v) is 24.4. The SMILES string of the molecule is CC(C)c1nnc2n1CCN(C(=O)C(Cc1ccccc1)n1cnc(-c3cc(Cl)ccc3-n3cc(Cl)nn3)cc1=O)C2. The molecular weight excluding hydrogens is 577 g/mol. The number of halogens is 2. The molecule has 0 spiro atoms. The van der Waals surface area contributed by atoms with Crippen LogP contribution in [0.2, 0.25) is 10.2 Å². The topological polar surface area (TPSA) is 117 Å². The van der Waals surface area contributed by atoms with Gasteiger partial charge in [0.15, 0.2) is 11.0 Å². The maximum atomic E-state index is 14.1. The minimum atomic E-state index is -0.812. The monoisotopic (exact) mass is 603 g/mol. The van der Waals surface area contributed by atoms with Crippen LogP contribution in [0.4, 0.5) is 0 Å². The fourth-order valence-electron chi connectivity index (χ4n) is 5.21. The lowest BCUT2D eigenvalue weighted by molar-refractivity contribution is -0.136. The van der Waals surface area contributed by atoms with Crippen molar-refractivity contribution in [2.45, 2.75) is 45.3 Å². The van der Waals surface area contributed by atoms with Gasteiger partial charge in [-0.15, -0.1) is 15.3 Å². The van der Waals surface area contributed by atoms with Crippen LogP contribution in [0.5, 0.6) is 0 Å². The summed E-state index contributed by atoms with van der Waals surface area (Å²) in [7, 11) is 0. The van der Waals surface area contributed by atoms with Gasteiger partial charge in [0.1, 0.15) is 11.9 Å². The summed E-state index contributed by atoms with van der Waals surface area (Å²) in [5.74, 6) is 1.68. The number of nitrogens with zero attached hydrogens (tertiary/aromatic N) is 9. The second-order valence-corrected chi connectivity index (χ2v) is 11.2. The van der Waals surface area contributed by atoms with Crippen LogP contribution in [0.1, 0.15) is 43.0 Å². The van der Waals surface area contributed by atoms with E-state index < -0.39 is 6.04 Å². The lowest BCUT2D eigenvalue weighted by Crippen LogP contribution is -2.45. The van der Waals surface area contributed by atoms with Crippen LogP contribution in [-0.4, -0.2) is 56.7 Å². The lowest BCUT2D eigenvalue weighted by Gasteiger charge is -2.32. The number of rotatable bonds is 7. The fourth-order valence-corrected chi connectivity index (χ4v) is 5.51. The predicted octanol–water partition coefficient (Wildman–Crippen LogP) is 4.34. The first-order chi connectivity index (χ1) is 20.3. The highest BCUT2D eigenvalue weighted by atomic mass is 35.5. The number of carbonyl (C=O) groups is 1. The minimum Gasteiger partial charge on any atom is -0.332 e. The smallest absolute Gasteiger partial charge is 0.254 e. The first-order valence-corrected chi connectivity index (χ1v) is 14.2. The molecule has 2 aromatic carbocycles. The van der Waals surface area contributed by atoms with Gasteiger partial charge in [-0.2, -0.15) is 0 Å². The molecular formula is C29H27Cl2N9O2. The zero-order chi connectivity index (χ0) is 29.4. The van der Waals surface area contributed by atoms with Crippen LogP contribution in [0.15, 0.2) is 71.9 Å². The number of hydrogen-bond donors (Lipinski definition) is 0. The summed E-state index contributed by atoms with van der Waals surface area (Å²) in [6.07, 6.45) is 3.29. The number of amides is 1. The first-order valence-electron chi connectivity index (χ1n) is 13.5. The van der Waals surface area contributed by atoms with Crippen LogP contribution < -0.4 is 5.56 Å². The molecule has 1 atom stereocenters. The molecule has 0 radical (unpaired) electrons. The second kappa shape index (κ2) is 11.5. The Labute approximate surface area is 251 Å². The molecule has 4 heterocycles. The molecule has 6 rings (SSSR count). The summed E-state index contributed by atoms with van der Waals surface area (Å²) in [4.78, 5) is 34.1. The number of fused-ring (bicyclic) bond motifs is 1. The highest BCUT2D eigenvalue weighted by Crippen LogP contribution is 2.29. The van der Waals surface area contributed by atoms with Gasteiger partial charge in [-0.3, -0.25) is 14.2 Å². The summed E-state index contributed by atoms with van der Waals surface area (Å²) >= 11 is 12.3. The van der Waals surface area contributed by atoms with E-state index in [9.17, 15) is 9.59 Å². The van der Waals surface area contributed by atoms with Crippen LogP contribution in [0, 0.1) is 0 Å². The van der Waals surface area contributed by atoms with E-state index in [4.69, 9.17) is 23.2 Å². The Morgan fingerprint density at radius 2 is 1.81 bits per heavy atom. The zero-order valence-electron chi connectivity index (χ0n) is 22.9. The van der Waals surface area contributed by atoms with Gasteiger partial charge in [0, 0.05) is 42.1 Å². The first kappa shape index (κ1) is 27.8. The molecule has 214 valence electrons. The average molecular weight is 605 g/mol. The van der Waals surface area contributed by atoms with Crippen LogP contribution in [0.3, 0.4) is 0 Å². The third kappa shape index (κ3) is 5.45. The maximum absolute atomic E-state index is 14.1. The molecule has 0 fully saturated rings. The summed E-state index contributed by atoms with van der Waals surface area (Å²) in [6.45, 7) is 5.54. The molecule has 0 bridgehead atoms. The summed E-state index contributed by atoms with van der Waals surface area (Å²) < 4.78 is 4.96. The Morgan fingerprint density at radius 3 is 2.52 bits per heavy atom. The van der Waals surface area contributed by atoms with Gasteiger partial charge in [-0.05, 0) is 23.8 Å². The van der Waals surface area contributed by atoms with Crippen molar-refractivity contribution >= 4 is 29.1 Å². The predicted molar refractivity (Wildman–Crippen MR) is 158 cm³/mol. The van der Waals surface area contributed by atoms with E-state index in [1.807, 2.05) is 30.3 Å². The molecule has 1 unspecified atom stereocenters. The second-order valence-electron chi connectivity index (χ2n) is 10.4. The quantitative estimate of drug-likeness (QED) is 0.271. The third-order valence-electron chi connectivity index (χ3n) is 7.29. The van der Waals surface area contributed by atoms with E-state index in [0.717, 1.165) is 17.2 Å². The van der Waals surface area contributed by atoms with Crippen molar-refractivity contribution in [2.75, 3.05) is 6.54 Å². The van der Waals surface area contributed by atoms with Crippen LogP contribution >= 0.6 is 23.2 Å². The number of benzene rings is 2. The minimum absolute atomic E-state index is 0.184. The number of hydrogen-bond acceptors (Lipinski definition) is 7. The Morgan fingerprint density at radius 1 is 1.00 bits per heavy atom. The molecule has 1 aliphatic rings. The van der Waals surface area contributed by atoms with Crippen molar-refractivity contribution in [2.24, 2.45) is 0 Å². The molecule has 1 amide bonds. The largest absolute Gasteiger partial charge is 0.332 e. The lowest BCUT2D eigenvalue weighted by atomic mass is 10.0. The molecule has 0 saturated heterocycles. The van der Waals surface area contributed by atoms with Crippen LogP contribution in [-0.2, 0) is 24.3 Å². The van der Waals surface area contributed by atoms with E-state index in [1.54, 1.807) is 29.3 Å². The summed E-state index contributed by atoms with van der Waals surface area (Å²) in [5.41, 5.74) is 2.08. The molecule has 0 aliphatic carbocycles. The van der Waals surface area contributed by atoms with E-state index in [-0.39, 0.29) is 22.5 Å². The van der Waals surface area contributed by atoms with E-state index >= 15 is 0 Å². The maximum Gasteiger partial charge on any atom is 0.254 e. The van der Waals surface area contributed by atoms with Gasteiger partial charge in [0.05, 0.1) is 30.5 Å². The van der Waals surface area contributed by atoms with Crippen molar-refractivity contribution < 1.29 is 4.79 Å². The van der Waals surface area contributed by atoms with Crippen molar-refractivity contribution in [1.29, 1.82) is 0 Å².